The summed E-state index contributed by atoms with van der Waals surface area (Å²) < 4.78 is 50.7. The lowest BCUT2D eigenvalue weighted by Gasteiger charge is -2.26. The van der Waals surface area contributed by atoms with Gasteiger partial charge in [-0.2, -0.15) is 9.29 Å². The SMILES string of the molecule is Cc1nc(CSCC(=O)Nc2ccc(F)c(S(=O)(=O)N3CCOCC3)c2)no1. The lowest BCUT2D eigenvalue weighted by molar-refractivity contribution is -0.113. The van der Waals surface area contributed by atoms with E-state index in [1.165, 1.54) is 22.1 Å². The number of aromatic nitrogens is 2. The molecule has 1 saturated heterocycles. The van der Waals surface area contributed by atoms with E-state index in [0.29, 0.717) is 17.5 Å². The lowest BCUT2D eigenvalue weighted by Crippen LogP contribution is -2.40. The van der Waals surface area contributed by atoms with Crippen LogP contribution in [0.4, 0.5) is 10.1 Å². The minimum absolute atomic E-state index is 0.0938. The van der Waals surface area contributed by atoms with Crippen LogP contribution in [-0.2, 0) is 25.3 Å². The molecule has 0 atom stereocenters. The summed E-state index contributed by atoms with van der Waals surface area (Å²) in [7, 11) is -4.01. The molecule has 1 fully saturated rings. The second-order valence-electron chi connectivity index (χ2n) is 5.93. The van der Waals surface area contributed by atoms with Gasteiger partial charge in [0.15, 0.2) is 5.82 Å². The van der Waals surface area contributed by atoms with Gasteiger partial charge in [-0.05, 0) is 18.2 Å². The fraction of sp³-hybridized carbons (Fsp3) is 0.438. The molecule has 0 spiro atoms. The number of carbonyl (C=O) groups is 1. The Hall–Kier alpha value is -2.02. The average Bonchev–Trinajstić information content (AvgIpc) is 3.09. The number of hydrogen-bond donors (Lipinski definition) is 1. The summed E-state index contributed by atoms with van der Waals surface area (Å²) in [6.45, 7) is 2.50. The molecule has 12 heteroatoms. The molecule has 0 aliphatic carbocycles. The number of sulfonamides is 1. The van der Waals surface area contributed by atoms with Gasteiger partial charge in [0.05, 0.1) is 24.7 Å². The van der Waals surface area contributed by atoms with Crippen molar-refractivity contribution >= 4 is 33.4 Å². The maximum atomic E-state index is 14.2. The molecular formula is C16H19FN4O5S2. The monoisotopic (exact) mass is 430 g/mol. The Morgan fingerprint density at radius 1 is 1.36 bits per heavy atom. The van der Waals surface area contributed by atoms with Crippen molar-refractivity contribution in [3.63, 3.8) is 0 Å². The fourth-order valence-corrected chi connectivity index (χ4v) is 4.69. The van der Waals surface area contributed by atoms with Gasteiger partial charge in [-0.25, -0.2) is 12.8 Å². The number of anilines is 1. The Morgan fingerprint density at radius 3 is 2.79 bits per heavy atom. The van der Waals surface area contributed by atoms with Crippen molar-refractivity contribution in [1.29, 1.82) is 0 Å². The van der Waals surface area contributed by atoms with Gasteiger partial charge in [0.2, 0.25) is 21.8 Å². The number of rotatable bonds is 7. The van der Waals surface area contributed by atoms with E-state index >= 15 is 0 Å². The molecular weight excluding hydrogens is 411 g/mol. The van der Waals surface area contributed by atoms with Gasteiger partial charge in [-0.1, -0.05) is 5.16 Å². The van der Waals surface area contributed by atoms with Crippen molar-refractivity contribution in [2.24, 2.45) is 0 Å². The number of carbonyl (C=O) groups excluding carboxylic acids is 1. The first-order chi connectivity index (χ1) is 13.4. The van der Waals surface area contributed by atoms with Crippen LogP contribution in [-0.4, -0.2) is 60.8 Å². The summed E-state index contributed by atoms with van der Waals surface area (Å²) in [6.07, 6.45) is 0. The molecule has 9 nitrogen and oxygen atoms in total. The molecule has 1 N–H and O–H groups in total. The predicted molar refractivity (Wildman–Crippen MR) is 99.8 cm³/mol. The molecule has 3 rings (SSSR count). The van der Waals surface area contributed by atoms with Crippen molar-refractivity contribution < 1.29 is 26.9 Å². The Balaban J connectivity index is 1.63. The average molecular weight is 430 g/mol. The maximum Gasteiger partial charge on any atom is 0.246 e. The van der Waals surface area contributed by atoms with Gasteiger partial charge in [-0.3, -0.25) is 4.79 Å². The van der Waals surface area contributed by atoms with Crippen LogP contribution < -0.4 is 5.32 Å². The number of aryl methyl sites for hydroxylation is 1. The maximum absolute atomic E-state index is 14.2. The summed E-state index contributed by atoms with van der Waals surface area (Å²) in [5.41, 5.74) is 0.203. The highest BCUT2D eigenvalue weighted by atomic mass is 32.2. The zero-order chi connectivity index (χ0) is 20.1. The number of halogens is 1. The van der Waals surface area contributed by atoms with Gasteiger partial charge >= 0.3 is 0 Å². The predicted octanol–water partition coefficient (Wildman–Crippen LogP) is 1.41. The van der Waals surface area contributed by atoms with E-state index in [1.54, 1.807) is 6.92 Å². The molecule has 0 bridgehead atoms. The number of thioether (sulfide) groups is 1. The van der Waals surface area contributed by atoms with Crippen LogP contribution in [0, 0.1) is 12.7 Å². The molecule has 2 heterocycles. The summed E-state index contributed by atoms with van der Waals surface area (Å²) >= 11 is 1.27. The van der Waals surface area contributed by atoms with Crippen molar-refractivity contribution in [3.05, 3.63) is 35.7 Å². The van der Waals surface area contributed by atoms with Gasteiger partial charge in [-0.15, -0.1) is 11.8 Å². The number of nitrogens with one attached hydrogen (secondary N) is 1. The molecule has 1 amide bonds. The number of morpholine rings is 1. The first-order valence-corrected chi connectivity index (χ1v) is 11.0. The first kappa shape index (κ1) is 20.7. The highest BCUT2D eigenvalue weighted by molar-refractivity contribution is 7.99. The summed E-state index contributed by atoms with van der Waals surface area (Å²) in [6, 6.07) is 3.47. The van der Waals surface area contributed by atoms with Crippen LogP contribution in [0.3, 0.4) is 0 Å². The highest BCUT2D eigenvalue weighted by Crippen LogP contribution is 2.24. The Kier molecular flexibility index (Phi) is 6.65. The molecule has 2 aromatic rings. The number of amides is 1. The summed E-state index contributed by atoms with van der Waals surface area (Å²) in [5.74, 6) is 0.190. The minimum atomic E-state index is -4.01. The van der Waals surface area contributed by atoms with Crippen molar-refractivity contribution in [3.8, 4) is 0 Å². The van der Waals surface area contributed by atoms with E-state index in [2.05, 4.69) is 15.5 Å². The summed E-state index contributed by atoms with van der Waals surface area (Å²) in [4.78, 5) is 15.7. The third kappa shape index (κ3) is 5.07. The van der Waals surface area contributed by atoms with Crippen LogP contribution in [0.15, 0.2) is 27.6 Å². The van der Waals surface area contributed by atoms with Crippen LogP contribution in [0.2, 0.25) is 0 Å². The first-order valence-electron chi connectivity index (χ1n) is 8.40. The number of ether oxygens (including phenoxy) is 1. The summed E-state index contributed by atoms with van der Waals surface area (Å²) in [5, 5.41) is 6.31. The van der Waals surface area contributed by atoms with E-state index in [1.807, 2.05) is 0 Å². The Morgan fingerprint density at radius 2 is 2.11 bits per heavy atom. The quantitative estimate of drug-likeness (QED) is 0.701. The van der Waals surface area contributed by atoms with E-state index in [-0.39, 0.29) is 43.7 Å². The molecule has 0 radical (unpaired) electrons. The van der Waals surface area contributed by atoms with E-state index in [0.717, 1.165) is 12.1 Å². The van der Waals surface area contributed by atoms with Gasteiger partial charge in [0.25, 0.3) is 0 Å². The van der Waals surface area contributed by atoms with Crippen LogP contribution >= 0.6 is 11.8 Å². The molecule has 1 aromatic carbocycles. The number of hydrogen-bond acceptors (Lipinski definition) is 8. The Bertz CT molecular complexity index is 944. The normalized spacial score (nSPS) is 15.5. The number of benzene rings is 1. The zero-order valence-electron chi connectivity index (χ0n) is 15.1. The van der Waals surface area contributed by atoms with E-state index in [9.17, 15) is 17.6 Å². The minimum Gasteiger partial charge on any atom is -0.379 e. The second kappa shape index (κ2) is 8.99. The topological polar surface area (TPSA) is 115 Å². The van der Waals surface area contributed by atoms with Crippen LogP contribution in [0.5, 0.6) is 0 Å². The zero-order valence-corrected chi connectivity index (χ0v) is 16.7. The third-order valence-electron chi connectivity index (χ3n) is 3.84. The second-order valence-corrected chi connectivity index (χ2v) is 8.82. The Labute approximate surface area is 165 Å². The molecule has 1 aliphatic heterocycles. The molecule has 1 aromatic heterocycles. The highest BCUT2D eigenvalue weighted by Gasteiger charge is 2.29. The molecule has 152 valence electrons. The smallest absolute Gasteiger partial charge is 0.246 e. The van der Waals surface area contributed by atoms with Gasteiger partial charge < -0.3 is 14.6 Å². The molecule has 0 unspecified atom stereocenters. The van der Waals surface area contributed by atoms with Crippen LogP contribution in [0.25, 0.3) is 0 Å². The van der Waals surface area contributed by atoms with Gasteiger partial charge in [0.1, 0.15) is 10.7 Å². The lowest BCUT2D eigenvalue weighted by atomic mass is 10.3. The molecule has 0 saturated carbocycles. The van der Waals surface area contributed by atoms with Crippen LogP contribution in [0.1, 0.15) is 11.7 Å². The molecule has 28 heavy (non-hydrogen) atoms. The van der Waals surface area contributed by atoms with Gasteiger partial charge in [0, 0.05) is 25.7 Å². The van der Waals surface area contributed by atoms with Crippen molar-refractivity contribution in [2.45, 2.75) is 17.6 Å². The van der Waals surface area contributed by atoms with Crippen molar-refractivity contribution in [1.82, 2.24) is 14.4 Å². The largest absolute Gasteiger partial charge is 0.379 e. The fourth-order valence-electron chi connectivity index (χ4n) is 2.54. The van der Waals surface area contributed by atoms with E-state index < -0.39 is 20.7 Å². The standard InChI is InChI=1S/C16H19FN4O5S2/c1-11-18-15(20-26-11)9-27-10-16(22)19-12-2-3-13(17)14(8-12)28(23,24)21-4-6-25-7-5-21/h2-3,8H,4-7,9-10H2,1H3,(H,19,22). The molecule has 1 aliphatic rings. The number of nitrogens with zero attached hydrogens (tertiary/aromatic N) is 3. The van der Waals surface area contributed by atoms with E-state index in [4.69, 9.17) is 9.26 Å². The van der Waals surface area contributed by atoms with Crippen molar-refractivity contribution in [2.75, 3.05) is 37.4 Å². The third-order valence-corrected chi connectivity index (χ3v) is 6.68.